The molecule has 4 heterocycles. The van der Waals surface area contributed by atoms with Crippen molar-refractivity contribution in [2.24, 2.45) is 0 Å². The van der Waals surface area contributed by atoms with Crippen molar-refractivity contribution in [1.82, 2.24) is 25.0 Å². The number of carboxylic acids is 2. The van der Waals surface area contributed by atoms with Gasteiger partial charge in [0.2, 0.25) is 11.8 Å². The summed E-state index contributed by atoms with van der Waals surface area (Å²) in [6, 6.07) is 4.68. The van der Waals surface area contributed by atoms with Crippen molar-refractivity contribution in [1.29, 1.82) is 0 Å². The Morgan fingerprint density at radius 3 is 2.16 bits per heavy atom. The normalized spacial score (nSPS) is 19.5. The molecule has 0 spiro atoms. The van der Waals surface area contributed by atoms with Gasteiger partial charge in [-0.3, -0.25) is 14.5 Å². The van der Waals surface area contributed by atoms with Gasteiger partial charge in [-0.25, -0.2) is 14.6 Å². The highest BCUT2D eigenvalue weighted by molar-refractivity contribution is 7.09. The molecule has 2 fully saturated rings. The minimum absolute atomic E-state index is 0.105. The Hall–Kier alpha value is -3.45. The van der Waals surface area contributed by atoms with Crippen LogP contribution in [-0.2, 0) is 24.6 Å². The molecule has 14 heteroatoms. The lowest BCUT2D eigenvalue weighted by Gasteiger charge is -2.40. The van der Waals surface area contributed by atoms with E-state index in [0.717, 1.165) is 30.9 Å². The average Bonchev–Trinajstić information content (AvgIpc) is 3.73. The van der Waals surface area contributed by atoms with Gasteiger partial charge < -0.3 is 25.3 Å². The molecule has 0 saturated carbocycles. The van der Waals surface area contributed by atoms with E-state index in [0.29, 0.717) is 32.6 Å². The molecule has 5 rings (SSSR count). The summed E-state index contributed by atoms with van der Waals surface area (Å²) < 4.78 is 0. The van der Waals surface area contributed by atoms with Crippen molar-refractivity contribution in [3.63, 3.8) is 0 Å². The van der Waals surface area contributed by atoms with E-state index in [1.807, 2.05) is 24.1 Å². The van der Waals surface area contributed by atoms with E-state index in [-0.39, 0.29) is 68.3 Å². The fourth-order valence-electron chi connectivity index (χ4n) is 7.08. The molecule has 49 heavy (non-hydrogen) atoms. The summed E-state index contributed by atoms with van der Waals surface area (Å²) >= 11 is 14.7. The van der Waals surface area contributed by atoms with Crippen LogP contribution in [0, 0.1) is 0 Å². The van der Waals surface area contributed by atoms with Crippen LogP contribution in [0.1, 0.15) is 76.3 Å². The fourth-order valence-corrected chi connectivity index (χ4v) is 8.46. The lowest BCUT2D eigenvalue weighted by atomic mass is 9.76. The Bertz CT molecular complexity index is 1660. The smallest absolute Gasteiger partial charge is 0.334 e. The highest BCUT2D eigenvalue weighted by atomic mass is 35.5. The van der Waals surface area contributed by atoms with Crippen LogP contribution in [0.25, 0.3) is 0 Å². The zero-order valence-electron chi connectivity index (χ0n) is 28.2. The van der Waals surface area contributed by atoms with E-state index in [1.54, 1.807) is 17.2 Å². The summed E-state index contributed by atoms with van der Waals surface area (Å²) in [5, 5.41) is 27.2. The maximum Gasteiger partial charge on any atom is 0.334 e. The van der Waals surface area contributed by atoms with E-state index in [9.17, 15) is 29.4 Å². The minimum Gasteiger partial charge on any atom is -0.478 e. The first-order chi connectivity index (χ1) is 23.1. The van der Waals surface area contributed by atoms with Crippen molar-refractivity contribution in [3.8, 4) is 0 Å². The molecule has 264 valence electrons. The molecule has 2 amide bonds. The molecular formula is C35H43Cl2N5O6S. The molecule has 1 aromatic heterocycles. The summed E-state index contributed by atoms with van der Waals surface area (Å²) in [4.78, 5) is 62.6. The van der Waals surface area contributed by atoms with Gasteiger partial charge in [-0.1, -0.05) is 43.1 Å². The van der Waals surface area contributed by atoms with Gasteiger partial charge in [0.05, 0.1) is 28.5 Å². The Labute approximate surface area is 300 Å². The zero-order chi connectivity index (χ0) is 35.7. The van der Waals surface area contributed by atoms with Crippen LogP contribution >= 0.6 is 34.5 Å². The first-order valence-electron chi connectivity index (χ1n) is 16.4. The third kappa shape index (κ3) is 7.98. The van der Waals surface area contributed by atoms with Gasteiger partial charge in [-0.15, -0.1) is 11.3 Å². The van der Waals surface area contributed by atoms with Gasteiger partial charge in [-0.2, -0.15) is 0 Å². The van der Waals surface area contributed by atoms with Crippen molar-refractivity contribution in [3.05, 3.63) is 72.9 Å². The fraction of sp³-hybridized carbons (Fsp3) is 0.514. The van der Waals surface area contributed by atoms with E-state index >= 15 is 0 Å². The van der Waals surface area contributed by atoms with Crippen molar-refractivity contribution in [2.45, 2.75) is 76.7 Å². The monoisotopic (exact) mass is 731 g/mol. The van der Waals surface area contributed by atoms with E-state index in [4.69, 9.17) is 23.2 Å². The number of benzene rings is 1. The number of aromatic nitrogens is 1. The number of carbonyl (C=O) groups excluding carboxylic acids is 2. The predicted molar refractivity (Wildman–Crippen MR) is 189 cm³/mol. The van der Waals surface area contributed by atoms with Crippen LogP contribution in [0.15, 0.2) is 52.3 Å². The van der Waals surface area contributed by atoms with Crippen LogP contribution < -0.4 is 5.32 Å². The molecule has 2 aromatic rings. The van der Waals surface area contributed by atoms with Crippen LogP contribution in [0.5, 0.6) is 0 Å². The number of thiazole rings is 1. The Kier molecular flexibility index (Phi) is 11.1. The Morgan fingerprint density at radius 2 is 1.61 bits per heavy atom. The maximum absolute atomic E-state index is 13.8. The molecule has 0 radical (unpaired) electrons. The SMILES string of the molecule is CC(C)(CC1=C(C(=O)O)C(c2c(Cl)cccc2Cl)C(C(=O)O)=C(CC(=O)N2CCN(CCC(C)(C)N3CCCC3=O)CC2)N1)c1nccs1. The number of dihydropyridines is 1. The van der Waals surface area contributed by atoms with Gasteiger partial charge >= 0.3 is 11.9 Å². The number of carbonyl (C=O) groups is 4. The average molecular weight is 733 g/mol. The zero-order valence-corrected chi connectivity index (χ0v) is 30.6. The second-order valence-corrected chi connectivity index (χ2v) is 15.8. The predicted octanol–water partition coefficient (Wildman–Crippen LogP) is 5.51. The van der Waals surface area contributed by atoms with Gasteiger partial charge in [0.15, 0.2) is 0 Å². The molecule has 11 nitrogen and oxygen atoms in total. The van der Waals surface area contributed by atoms with E-state index in [2.05, 4.69) is 29.0 Å². The van der Waals surface area contributed by atoms with E-state index < -0.39 is 23.3 Å². The molecule has 3 N–H and O–H groups in total. The Morgan fingerprint density at radius 1 is 0.980 bits per heavy atom. The largest absolute Gasteiger partial charge is 0.478 e. The number of carboxylic acid groups (broad SMARTS) is 2. The highest BCUT2D eigenvalue weighted by Crippen LogP contribution is 2.46. The molecule has 0 bridgehead atoms. The lowest BCUT2D eigenvalue weighted by molar-refractivity contribution is -0.134. The van der Waals surface area contributed by atoms with Gasteiger partial charge in [0, 0.05) is 95.2 Å². The molecule has 1 aromatic carbocycles. The number of nitrogens with zero attached hydrogens (tertiary/aromatic N) is 4. The third-order valence-electron chi connectivity index (χ3n) is 9.81. The minimum atomic E-state index is -1.38. The summed E-state index contributed by atoms with van der Waals surface area (Å²) in [6.07, 6.45) is 3.88. The number of nitrogens with one attached hydrogen (secondary N) is 1. The number of amides is 2. The summed E-state index contributed by atoms with van der Waals surface area (Å²) in [7, 11) is 0. The van der Waals surface area contributed by atoms with Crippen LogP contribution in [0.2, 0.25) is 10.0 Å². The number of aliphatic carboxylic acids is 2. The molecule has 2 saturated heterocycles. The number of piperazine rings is 1. The summed E-state index contributed by atoms with van der Waals surface area (Å²) in [5.74, 6) is -4.12. The van der Waals surface area contributed by atoms with Crippen LogP contribution in [0.4, 0.5) is 0 Å². The second kappa shape index (κ2) is 14.8. The van der Waals surface area contributed by atoms with Crippen LogP contribution in [-0.4, -0.2) is 98.5 Å². The van der Waals surface area contributed by atoms with Gasteiger partial charge in [-0.05, 0) is 45.2 Å². The number of hydrogen-bond donors (Lipinski definition) is 3. The molecule has 1 atom stereocenters. The van der Waals surface area contributed by atoms with Crippen molar-refractivity contribution < 1.29 is 29.4 Å². The molecular weight excluding hydrogens is 689 g/mol. The molecule has 3 aliphatic heterocycles. The summed E-state index contributed by atoms with van der Waals surface area (Å²) in [6.45, 7) is 11.8. The van der Waals surface area contributed by atoms with Crippen molar-refractivity contribution in [2.75, 3.05) is 39.3 Å². The van der Waals surface area contributed by atoms with Gasteiger partial charge in [0.1, 0.15) is 0 Å². The third-order valence-corrected chi connectivity index (χ3v) is 11.6. The Balaban J connectivity index is 1.40. The number of allylic oxidation sites excluding steroid dienone is 1. The number of hydrogen-bond acceptors (Lipinski definition) is 8. The van der Waals surface area contributed by atoms with Crippen LogP contribution in [0.3, 0.4) is 0 Å². The standard InChI is InChI=1S/C35H43Cl2N5O6S/c1-34(2,33-38-11-18-49-33)20-24-29(32(47)48)30(27-21(36)7-5-8-22(27)37)28(31(45)46)23(39-24)19-26(44)41-16-14-40(15-17-41)13-10-35(3,4)42-12-6-9-25(42)43/h5,7-8,11,18,30,39H,6,9-10,12-17,19-20H2,1-4H3,(H,45,46)(H,47,48). The number of halogens is 2. The molecule has 1 unspecified atom stereocenters. The van der Waals surface area contributed by atoms with Crippen molar-refractivity contribution >= 4 is 58.3 Å². The quantitative estimate of drug-likeness (QED) is 0.258. The lowest BCUT2D eigenvalue weighted by Crippen LogP contribution is -2.51. The summed E-state index contributed by atoms with van der Waals surface area (Å²) in [5.41, 5.74) is -0.826. The van der Waals surface area contributed by atoms with Gasteiger partial charge in [0.25, 0.3) is 0 Å². The number of rotatable bonds is 12. The molecule has 3 aliphatic rings. The highest BCUT2D eigenvalue weighted by Gasteiger charge is 2.43. The second-order valence-electron chi connectivity index (χ2n) is 14.1. The molecule has 0 aliphatic carbocycles. The first kappa shape index (κ1) is 36.8. The van der Waals surface area contributed by atoms with E-state index in [1.165, 1.54) is 23.5 Å². The maximum atomic E-state index is 13.8. The topological polar surface area (TPSA) is 143 Å². The number of likely N-dealkylation sites (tertiary alicyclic amines) is 1. The first-order valence-corrected chi connectivity index (χ1v) is 18.1.